The minimum atomic E-state index is -0.186. The summed E-state index contributed by atoms with van der Waals surface area (Å²) in [6.07, 6.45) is 5.07. The van der Waals surface area contributed by atoms with E-state index in [1.54, 1.807) is 0 Å². The molecule has 0 aromatic heterocycles. The van der Waals surface area contributed by atoms with Crippen LogP contribution in [0.15, 0.2) is 0 Å². The van der Waals surface area contributed by atoms with Gasteiger partial charge in [0.05, 0.1) is 25.7 Å². The molecule has 5 heteroatoms. The van der Waals surface area contributed by atoms with Crippen molar-refractivity contribution >= 4 is 11.9 Å². The van der Waals surface area contributed by atoms with Crippen molar-refractivity contribution in [2.24, 2.45) is 5.92 Å². The Morgan fingerprint density at radius 3 is 2.50 bits per heavy atom. The van der Waals surface area contributed by atoms with E-state index in [4.69, 9.17) is 9.47 Å². The maximum absolute atomic E-state index is 12.1. The highest BCUT2D eigenvalue weighted by Gasteiger charge is 2.44. The molecule has 2 rings (SSSR count). The predicted molar refractivity (Wildman–Crippen MR) is 74.1 cm³/mol. The zero-order chi connectivity index (χ0) is 14.5. The van der Waals surface area contributed by atoms with E-state index >= 15 is 0 Å². The lowest BCUT2D eigenvalue weighted by atomic mass is 9.77. The summed E-state index contributed by atoms with van der Waals surface area (Å²) in [5, 5.41) is 0. The molecule has 0 aromatic carbocycles. The van der Waals surface area contributed by atoms with Gasteiger partial charge in [0.2, 0.25) is 0 Å². The fraction of sp³-hybridized carbons (Fsp3) is 0.867. The molecule has 0 N–H and O–H groups in total. The summed E-state index contributed by atoms with van der Waals surface area (Å²) in [4.78, 5) is 26.0. The molecule has 0 aliphatic carbocycles. The van der Waals surface area contributed by atoms with E-state index in [9.17, 15) is 9.59 Å². The van der Waals surface area contributed by atoms with E-state index in [0.717, 1.165) is 32.1 Å². The Hall–Kier alpha value is -1.10. The van der Waals surface area contributed by atoms with E-state index in [1.165, 1.54) is 0 Å². The lowest BCUT2D eigenvalue weighted by molar-refractivity contribution is -0.159. The normalized spacial score (nSPS) is 29.8. The van der Waals surface area contributed by atoms with Crippen LogP contribution in [0.3, 0.4) is 0 Å². The summed E-state index contributed by atoms with van der Waals surface area (Å²) < 4.78 is 10.2. The number of piperidine rings is 2. The Morgan fingerprint density at radius 2 is 1.80 bits per heavy atom. The summed E-state index contributed by atoms with van der Waals surface area (Å²) in [6, 6.07) is 0.565. The minimum absolute atomic E-state index is 0.0825. The van der Waals surface area contributed by atoms with Gasteiger partial charge in [0.1, 0.15) is 0 Å². The largest absolute Gasteiger partial charge is 0.466 e. The van der Waals surface area contributed by atoms with Crippen LogP contribution in [-0.2, 0) is 19.1 Å². The number of nitrogens with zero attached hydrogens (tertiary/aromatic N) is 1. The monoisotopic (exact) mass is 283 g/mol. The SMILES string of the molecule is CCOC(=O)CN1C2CCCC1C(C(=O)OCC)CC2. The molecule has 2 bridgehead atoms. The number of esters is 2. The maximum Gasteiger partial charge on any atom is 0.320 e. The molecule has 0 spiro atoms. The molecule has 2 heterocycles. The molecule has 3 atom stereocenters. The van der Waals surface area contributed by atoms with E-state index in [0.29, 0.717) is 25.8 Å². The average molecular weight is 283 g/mol. The second-order valence-electron chi connectivity index (χ2n) is 5.57. The van der Waals surface area contributed by atoms with Crippen LogP contribution < -0.4 is 0 Å². The number of fused-ring (bicyclic) bond motifs is 2. The molecular weight excluding hydrogens is 258 g/mol. The molecule has 0 saturated carbocycles. The van der Waals surface area contributed by atoms with E-state index < -0.39 is 0 Å². The van der Waals surface area contributed by atoms with Crippen LogP contribution in [0.4, 0.5) is 0 Å². The standard InChI is InChI=1S/C15H25NO4/c1-3-19-14(17)10-16-11-6-5-7-13(16)12(9-8-11)15(18)20-4-2/h11-13H,3-10H2,1-2H3. The molecule has 2 aliphatic heterocycles. The van der Waals surface area contributed by atoms with Gasteiger partial charge < -0.3 is 9.47 Å². The second kappa shape index (κ2) is 7.07. The average Bonchev–Trinajstić information content (AvgIpc) is 2.39. The Bertz CT molecular complexity index is 358. The Kier molecular flexibility index (Phi) is 5.40. The van der Waals surface area contributed by atoms with Crippen molar-refractivity contribution in [3.63, 3.8) is 0 Å². The molecular formula is C15H25NO4. The predicted octanol–water partition coefficient (Wildman–Crippen LogP) is 1.75. The fourth-order valence-electron chi connectivity index (χ4n) is 3.60. The van der Waals surface area contributed by atoms with Gasteiger partial charge in [-0.25, -0.2) is 0 Å². The van der Waals surface area contributed by atoms with Gasteiger partial charge in [0, 0.05) is 12.1 Å². The summed E-state index contributed by atoms with van der Waals surface area (Å²) in [7, 11) is 0. The highest BCUT2D eigenvalue weighted by molar-refractivity contribution is 5.74. The van der Waals surface area contributed by atoms with Crippen molar-refractivity contribution in [1.29, 1.82) is 0 Å². The smallest absolute Gasteiger partial charge is 0.320 e. The Balaban J connectivity index is 2.05. The molecule has 0 aromatic rings. The van der Waals surface area contributed by atoms with Crippen LogP contribution in [0.2, 0.25) is 0 Å². The summed E-state index contributed by atoms with van der Waals surface area (Å²) in [5.74, 6) is -0.374. The third kappa shape index (κ3) is 3.32. The summed E-state index contributed by atoms with van der Waals surface area (Å²) in [6.45, 7) is 4.78. The third-order valence-corrected chi connectivity index (χ3v) is 4.41. The van der Waals surface area contributed by atoms with E-state index in [2.05, 4.69) is 4.90 Å². The highest BCUT2D eigenvalue weighted by atomic mass is 16.5. The Morgan fingerprint density at radius 1 is 1.05 bits per heavy atom. The molecule has 20 heavy (non-hydrogen) atoms. The summed E-state index contributed by atoms with van der Waals surface area (Å²) in [5.41, 5.74) is 0. The Labute approximate surface area is 120 Å². The number of hydrogen-bond donors (Lipinski definition) is 0. The first-order valence-corrected chi connectivity index (χ1v) is 7.75. The topological polar surface area (TPSA) is 55.8 Å². The maximum atomic E-state index is 12.1. The van der Waals surface area contributed by atoms with Crippen LogP contribution in [0.5, 0.6) is 0 Å². The lowest BCUT2D eigenvalue weighted by Gasteiger charge is -2.48. The van der Waals surface area contributed by atoms with Gasteiger partial charge in [-0.3, -0.25) is 14.5 Å². The van der Waals surface area contributed by atoms with Crippen LogP contribution in [0.25, 0.3) is 0 Å². The zero-order valence-corrected chi connectivity index (χ0v) is 12.5. The minimum Gasteiger partial charge on any atom is -0.466 e. The lowest BCUT2D eigenvalue weighted by Crippen LogP contribution is -2.57. The number of carbonyl (C=O) groups excluding carboxylic acids is 2. The number of carbonyl (C=O) groups is 2. The second-order valence-corrected chi connectivity index (χ2v) is 5.57. The van der Waals surface area contributed by atoms with Crippen LogP contribution >= 0.6 is 0 Å². The van der Waals surface area contributed by atoms with Crippen molar-refractivity contribution in [3.8, 4) is 0 Å². The van der Waals surface area contributed by atoms with Gasteiger partial charge >= 0.3 is 11.9 Å². The van der Waals surface area contributed by atoms with Crippen LogP contribution in [0, 0.1) is 5.92 Å². The van der Waals surface area contributed by atoms with Gasteiger partial charge in [0.15, 0.2) is 0 Å². The first kappa shape index (κ1) is 15.3. The van der Waals surface area contributed by atoms with Crippen molar-refractivity contribution < 1.29 is 19.1 Å². The molecule has 114 valence electrons. The van der Waals surface area contributed by atoms with E-state index in [1.807, 2.05) is 13.8 Å². The van der Waals surface area contributed by atoms with Crippen LogP contribution in [-0.4, -0.2) is 48.7 Å². The molecule has 3 unspecified atom stereocenters. The molecule has 2 aliphatic rings. The molecule has 0 amide bonds. The number of rotatable bonds is 5. The number of hydrogen-bond acceptors (Lipinski definition) is 5. The van der Waals surface area contributed by atoms with E-state index in [-0.39, 0.29) is 23.9 Å². The van der Waals surface area contributed by atoms with Gasteiger partial charge in [-0.15, -0.1) is 0 Å². The molecule has 2 fully saturated rings. The zero-order valence-electron chi connectivity index (χ0n) is 12.5. The molecule has 0 radical (unpaired) electrons. The third-order valence-electron chi connectivity index (χ3n) is 4.41. The van der Waals surface area contributed by atoms with Gasteiger partial charge in [-0.05, 0) is 39.5 Å². The quantitative estimate of drug-likeness (QED) is 0.719. The van der Waals surface area contributed by atoms with Gasteiger partial charge in [-0.2, -0.15) is 0 Å². The number of ether oxygens (including phenoxy) is 2. The molecule has 2 saturated heterocycles. The first-order chi connectivity index (χ1) is 9.67. The summed E-state index contributed by atoms with van der Waals surface area (Å²) >= 11 is 0. The van der Waals surface area contributed by atoms with Crippen molar-refractivity contribution in [3.05, 3.63) is 0 Å². The van der Waals surface area contributed by atoms with Crippen LogP contribution in [0.1, 0.15) is 46.0 Å². The molecule has 5 nitrogen and oxygen atoms in total. The van der Waals surface area contributed by atoms with Crippen molar-refractivity contribution in [1.82, 2.24) is 4.90 Å². The first-order valence-electron chi connectivity index (χ1n) is 7.75. The fourth-order valence-corrected chi connectivity index (χ4v) is 3.60. The van der Waals surface area contributed by atoms with Crippen molar-refractivity contribution in [2.75, 3.05) is 19.8 Å². The highest BCUT2D eigenvalue weighted by Crippen LogP contribution is 2.37. The van der Waals surface area contributed by atoms with Crippen molar-refractivity contribution in [2.45, 2.75) is 58.0 Å². The van der Waals surface area contributed by atoms with Gasteiger partial charge in [0.25, 0.3) is 0 Å². The van der Waals surface area contributed by atoms with Gasteiger partial charge in [-0.1, -0.05) is 6.42 Å².